The van der Waals surface area contributed by atoms with E-state index in [0.29, 0.717) is 12.6 Å². The Balaban J connectivity index is 1.62. The molecule has 5 heteroatoms. The van der Waals surface area contributed by atoms with Crippen LogP contribution in [0, 0.1) is 0 Å². The molecule has 0 aromatic heterocycles. The Morgan fingerprint density at radius 3 is 2.50 bits per heavy atom. The average Bonchev–Trinajstić information content (AvgIpc) is 2.60. The molecule has 1 aromatic carbocycles. The zero-order chi connectivity index (χ0) is 17.4. The number of likely N-dealkylation sites (tertiary alicyclic amines) is 1. The number of nitrogens with zero attached hydrogens (tertiary/aromatic N) is 3. The van der Waals surface area contributed by atoms with Crippen molar-refractivity contribution >= 4 is 6.03 Å². The SMILES string of the molecule is CN1CCC(N(C)CCN(C)C(=O)NCCc2ccccc2)CC1. The van der Waals surface area contributed by atoms with Crippen LogP contribution >= 0.6 is 0 Å². The molecular weight excluding hydrogens is 300 g/mol. The highest BCUT2D eigenvalue weighted by molar-refractivity contribution is 5.73. The van der Waals surface area contributed by atoms with Crippen molar-refractivity contribution in [3.05, 3.63) is 35.9 Å². The van der Waals surface area contributed by atoms with Crippen molar-refractivity contribution in [2.24, 2.45) is 0 Å². The molecule has 2 amide bonds. The fourth-order valence-electron chi connectivity index (χ4n) is 3.12. The van der Waals surface area contributed by atoms with Crippen molar-refractivity contribution in [3.63, 3.8) is 0 Å². The Hall–Kier alpha value is -1.59. The molecule has 1 aromatic rings. The normalized spacial score (nSPS) is 16.3. The van der Waals surface area contributed by atoms with E-state index in [4.69, 9.17) is 0 Å². The van der Waals surface area contributed by atoms with Crippen LogP contribution in [0.4, 0.5) is 4.79 Å². The first-order chi connectivity index (χ1) is 11.6. The van der Waals surface area contributed by atoms with Gasteiger partial charge in [-0.2, -0.15) is 0 Å². The first-order valence-electron chi connectivity index (χ1n) is 8.98. The van der Waals surface area contributed by atoms with Crippen LogP contribution < -0.4 is 5.32 Å². The minimum Gasteiger partial charge on any atom is -0.338 e. The summed E-state index contributed by atoms with van der Waals surface area (Å²) in [6.07, 6.45) is 3.32. The highest BCUT2D eigenvalue weighted by Crippen LogP contribution is 2.13. The third-order valence-electron chi connectivity index (χ3n) is 4.98. The van der Waals surface area contributed by atoms with Gasteiger partial charge in [-0.1, -0.05) is 30.3 Å². The van der Waals surface area contributed by atoms with Crippen molar-refractivity contribution in [2.75, 3.05) is 53.9 Å². The van der Waals surface area contributed by atoms with Crippen molar-refractivity contribution in [1.29, 1.82) is 0 Å². The van der Waals surface area contributed by atoms with Gasteiger partial charge in [-0.15, -0.1) is 0 Å². The summed E-state index contributed by atoms with van der Waals surface area (Å²) in [5.41, 5.74) is 1.25. The number of hydrogen-bond donors (Lipinski definition) is 1. The molecule has 0 atom stereocenters. The summed E-state index contributed by atoms with van der Waals surface area (Å²) < 4.78 is 0. The zero-order valence-electron chi connectivity index (χ0n) is 15.4. The largest absolute Gasteiger partial charge is 0.338 e. The molecule has 0 bridgehead atoms. The van der Waals surface area contributed by atoms with Gasteiger partial charge in [0.05, 0.1) is 0 Å². The maximum atomic E-state index is 12.2. The van der Waals surface area contributed by atoms with E-state index in [1.807, 2.05) is 25.2 Å². The molecule has 1 aliphatic rings. The molecule has 1 fully saturated rings. The van der Waals surface area contributed by atoms with Crippen LogP contribution in [0.5, 0.6) is 0 Å². The number of piperidine rings is 1. The van der Waals surface area contributed by atoms with E-state index >= 15 is 0 Å². The molecule has 1 aliphatic heterocycles. The summed E-state index contributed by atoms with van der Waals surface area (Å²) in [4.78, 5) is 18.7. The van der Waals surface area contributed by atoms with Gasteiger partial charge >= 0.3 is 6.03 Å². The number of carbonyl (C=O) groups is 1. The molecule has 5 nitrogen and oxygen atoms in total. The average molecular weight is 332 g/mol. The molecule has 0 saturated carbocycles. The number of rotatable bonds is 7. The lowest BCUT2D eigenvalue weighted by Crippen LogP contribution is -2.46. The highest BCUT2D eigenvalue weighted by atomic mass is 16.2. The lowest BCUT2D eigenvalue weighted by atomic mass is 10.0. The minimum absolute atomic E-state index is 0.0164. The number of likely N-dealkylation sites (N-methyl/N-ethyl adjacent to an activating group) is 2. The number of nitrogens with one attached hydrogen (secondary N) is 1. The highest BCUT2D eigenvalue weighted by Gasteiger charge is 2.20. The van der Waals surface area contributed by atoms with Crippen LogP contribution in [0.1, 0.15) is 18.4 Å². The van der Waals surface area contributed by atoms with Gasteiger partial charge in [0.2, 0.25) is 0 Å². The van der Waals surface area contributed by atoms with Crippen LogP contribution in [0.25, 0.3) is 0 Å². The summed E-state index contributed by atoms with van der Waals surface area (Å²) >= 11 is 0. The van der Waals surface area contributed by atoms with Gasteiger partial charge < -0.3 is 20.0 Å². The molecule has 0 radical (unpaired) electrons. The van der Waals surface area contributed by atoms with Gasteiger partial charge in [-0.3, -0.25) is 0 Å². The summed E-state index contributed by atoms with van der Waals surface area (Å²) in [5, 5.41) is 3.00. The van der Waals surface area contributed by atoms with Gasteiger partial charge in [0.25, 0.3) is 0 Å². The summed E-state index contributed by atoms with van der Waals surface area (Å²) in [5.74, 6) is 0. The Morgan fingerprint density at radius 1 is 1.17 bits per heavy atom. The Kier molecular flexibility index (Phi) is 7.53. The molecule has 1 saturated heterocycles. The number of carbonyl (C=O) groups excluding carboxylic acids is 1. The van der Waals surface area contributed by atoms with Crippen LogP contribution in [-0.2, 0) is 6.42 Å². The van der Waals surface area contributed by atoms with Crippen LogP contribution in [0.2, 0.25) is 0 Å². The summed E-state index contributed by atoms with van der Waals surface area (Å²) in [6, 6.07) is 10.9. The minimum atomic E-state index is 0.0164. The van der Waals surface area contributed by atoms with E-state index in [-0.39, 0.29) is 6.03 Å². The van der Waals surface area contributed by atoms with E-state index in [0.717, 1.165) is 19.5 Å². The van der Waals surface area contributed by atoms with E-state index < -0.39 is 0 Å². The predicted octanol–water partition coefficient (Wildman–Crippen LogP) is 1.90. The lowest BCUT2D eigenvalue weighted by molar-refractivity contribution is 0.135. The first kappa shape index (κ1) is 18.7. The smallest absolute Gasteiger partial charge is 0.317 e. The molecule has 1 heterocycles. The fraction of sp³-hybridized carbons (Fsp3) is 0.632. The molecule has 0 unspecified atom stereocenters. The van der Waals surface area contributed by atoms with Gasteiger partial charge in [0.1, 0.15) is 0 Å². The quantitative estimate of drug-likeness (QED) is 0.829. The van der Waals surface area contributed by atoms with E-state index in [1.54, 1.807) is 4.90 Å². The van der Waals surface area contributed by atoms with Gasteiger partial charge in [0, 0.05) is 32.7 Å². The van der Waals surface area contributed by atoms with Crippen LogP contribution in [0.3, 0.4) is 0 Å². The van der Waals surface area contributed by atoms with Gasteiger partial charge in [-0.05, 0) is 52.0 Å². The Bertz CT molecular complexity index is 485. The molecule has 0 aliphatic carbocycles. The van der Waals surface area contributed by atoms with Crippen molar-refractivity contribution in [1.82, 2.24) is 20.0 Å². The van der Waals surface area contributed by atoms with E-state index in [9.17, 15) is 4.79 Å². The third-order valence-corrected chi connectivity index (χ3v) is 4.98. The summed E-state index contributed by atoms with van der Waals surface area (Å²) in [7, 11) is 6.24. The standard InChI is InChI=1S/C19H32N4O/c1-21-13-10-18(11-14-21)22(2)15-16-23(3)19(24)20-12-9-17-7-5-4-6-8-17/h4-8,18H,9-16H2,1-3H3,(H,20,24). The molecule has 0 spiro atoms. The van der Waals surface area contributed by atoms with Crippen LogP contribution in [0.15, 0.2) is 30.3 Å². The fourth-order valence-corrected chi connectivity index (χ4v) is 3.12. The van der Waals surface area contributed by atoms with Gasteiger partial charge in [0.15, 0.2) is 0 Å². The van der Waals surface area contributed by atoms with Crippen molar-refractivity contribution < 1.29 is 4.79 Å². The van der Waals surface area contributed by atoms with Crippen molar-refractivity contribution in [2.45, 2.75) is 25.3 Å². The van der Waals surface area contributed by atoms with Crippen molar-refractivity contribution in [3.8, 4) is 0 Å². The van der Waals surface area contributed by atoms with Gasteiger partial charge in [-0.25, -0.2) is 4.79 Å². The molecule has 24 heavy (non-hydrogen) atoms. The molecule has 134 valence electrons. The molecular formula is C19H32N4O. The maximum absolute atomic E-state index is 12.2. The molecule has 2 rings (SSSR count). The second kappa shape index (κ2) is 9.64. The zero-order valence-corrected chi connectivity index (χ0v) is 15.4. The third kappa shape index (κ3) is 6.13. The Morgan fingerprint density at radius 2 is 1.83 bits per heavy atom. The predicted molar refractivity (Wildman–Crippen MR) is 99.3 cm³/mol. The second-order valence-electron chi connectivity index (χ2n) is 6.90. The van der Waals surface area contributed by atoms with E-state index in [2.05, 4.69) is 41.3 Å². The van der Waals surface area contributed by atoms with E-state index in [1.165, 1.54) is 31.5 Å². The lowest BCUT2D eigenvalue weighted by Gasteiger charge is -2.35. The second-order valence-corrected chi connectivity index (χ2v) is 6.90. The first-order valence-corrected chi connectivity index (χ1v) is 8.98. The van der Waals surface area contributed by atoms with Crippen LogP contribution in [-0.4, -0.2) is 80.6 Å². The topological polar surface area (TPSA) is 38.8 Å². The maximum Gasteiger partial charge on any atom is 0.317 e. The molecule has 1 N–H and O–H groups in total. The number of benzene rings is 1. The Labute approximate surface area is 146 Å². The monoisotopic (exact) mass is 332 g/mol. The number of amides is 2. The number of urea groups is 1. The summed E-state index contributed by atoms with van der Waals surface area (Å²) in [6.45, 7) is 4.71. The number of hydrogen-bond acceptors (Lipinski definition) is 3.